The number of nitrogens with zero attached hydrogens (tertiary/aromatic N) is 3. The first-order valence-electron chi connectivity index (χ1n) is 7.47. The Balaban J connectivity index is 1.94. The summed E-state index contributed by atoms with van der Waals surface area (Å²) in [5.41, 5.74) is 12.9. The van der Waals surface area contributed by atoms with Crippen molar-refractivity contribution >= 4 is 17.6 Å². The molecular formula is C14H24N6. The van der Waals surface area contributed by atoms with E-state index in [1.165, 1.54) is 12.8 Å². The van der Waals surface area contributed by atoms with Gasteiger partial charge in [0.15, 0.2) is 0 Å². The Bertz CT molecular complexity index is 487. The van der Waals surface area contributed by atoms with E-state index < -0.39 is 0 Å². The van der Waals surface area contributed by atoms with Gasteiger partial charge in [0, 0.05) is 24.7 Å². The maximum atomic E-state index is 6.06. The molecule has 0 unspecified atom stereocenters. The summed E-state index contributed by atoms with van der Waals surface area (Å²) in [4.78, 5) is 10.9. The summed E-state index contributed by atoms with van der Waals surface area (Å²) >= 11 is 0. The van der Waals surface area contributed by atoms with Crippen LogP contribution in [0, 0.1) is 5.92 Å². The number of nitrogens with one attached hydrogen (secondary N) is 1. The lowest BCUT2D eigenvalue weighted by Crippen LogP contribution is -2.40. The second-order valence-corrected chi connectivity index (χ2v) is 6.23. The van der Waals surface area contributed by atoms with Gasteiger partial charge in [0.05, 0.1) is 0 Å². The predicted octanol–water partition coefficient (Wildman–Crippen LogP) is 0.953. The summed E-state index contributed by atoms with van der Waals surface area (Å²) in [7, 11) is 0. The van der Waals surface area contributed by atoms with Crippen molar-refractivity contribution in [1.29, 1.82) is 0 Å². The van der Waals surface area contributed by atoms with Gasteiger partial charge in [-0.15, -0.1) is 0 Å². The van der Waals surface area contributed by atoms with Crippen molar-refractivity contribution in [3.8, 4) is 0 Å². The zero-order valence-electron chi connectivity index (χ0n) is 12.3. The summed E-state index contributed by atoms with van der Waals surface area (Å²) in [5, 5.41) is 3.61. The van der Waals surface area contributed by atoms with Crippen molar-refractivity contribution in [3.05, 3.63) is 5.56 Å². The van der Waals surface area contributed by atoms with Crippen molar-refractivity contribution in [2.24, 2.45) is 5.92 Å². The van der Waals surface area contributed by atoms with E-state index in [9.17, 15) is 0 Å². The smallest absolute Gasteiger partial charge is 0.223 e. The van der Waals surface area contributed by atoms with Gasteiger partial charge in [0.25, 0.3) is 0 Å². The van der Waals surface area contributed by atoms with E-state index in [2.05, 4.69) is 34.0 Å². The third-order valence-corrected chi connectivity index (χ3v) is 4.45. The molecule has 2 aliphatic rings. The van der Waals surface area contributed by atoms with Gasteiger partial charge in [-0.3, -0.25) is 0 Å². The van der Waals surface area contributed by atoms with Gasteiger partial charge in [0.1, 0.15) is 11.6 Å². The SMILES string of the molecule is CC(C)c1c(N)nc(N)nc1N1C[C@H]2CCCN[C@H]2C1. The lowest BCUT2D eigenvalue weighted by Gasteiger charge is -2.24. The van der Waals surface area contributed by atoms with Gasteiger partial charge in [-0.25, -0.2) is 0 Å². The van der Waals surface area contributed by atoms with E-state index in [-0.39, 0.29) is 5.95 Å². The lowest BCUT2D eigenvalue weighted by molar-refractivity contribution is 0.340. The minimum absolute atomic E-state index is 0.268. The Hall–Kier alpha value is -1.56. The molecule has 2 aliphatic heterocycles. The molecular weight excluding hydrogens is 252 g/mol. The Morgan fingerprint density at radius 1 is 1.25 bits per heavy atom. The second-order valence-electron chi connectivity index (χ2n) is 6.23. The standard InChI is InChI=1S/C14H24N6/c1-8(2)11-12(15)18-14(16)19-13(11)20-6-9-4-3-5-17-10(9)7-20/h8-10,17H,3-7H2,1-2H3,(H4,15,16,18,19)/t9-,10+/m1/s1. The summed E-state index contributed by atoms with van der Waals surface area (Å²) in [5.74, 6) is 2.72. The summed E-state index contributed by atoms with van der Waals surface area (Å²) in [6.45, 7) is 7.39. The van der Waals surface area contributed by atoms with Crippen LogP contribution in [0.15, 0.2) is 0 Å². The maximum Gasteiger partial charge on any atom is 0.223 e. The fourth-order valence-corrected chi connectivity index (χ4v) is 3.51. The van der Waals surface area contributed by atoms with Crippen LogP contribution in [0.1, 0.15) is 38.2 Å². The zero-order valence-corrected chi connectivity index (χ0v) is 12.3. The number of hydrogen-bond donors (Lipinski definition) is 3. The molecule has 2 saturated heterocycles. The molecule has 0 bridgehead atoms. The minimum atomic E-state index is 0.268. The number of hydrogen-bond acceptors (Lipinski definition) is 6. The molecule has 6 nitrogen and oxygen atoms in total. The van der Waals surface area contributed by atoms with Gasteiger partial charge in [-0.05, 0) is 31.2 Å². The second kappa shape index (κ2) is 5.09. The van der Waals surface area contributed by atoms with Crippen molar-refractivity contribution in [1.82, 2.24) is 15.3 Å². The molecule has 5 N–H and O–H groups in total. The average Bonchev–Trinajstić information content (AvgIpc) is 2.80. The molecule has 2 fully saturated rings. The van der Waals surface area contributed by atoms with Crippen LogP contribution in [-0.4, -0.2) is 35.6 Å². The van der Waals surface area contributed by atoms with Crippen LogP contribution in [-0.2, 0) is 0 Å². The van der Waals surface area contributed by atoms with Crippen LogP contribution in [0.4, 0.5) is 17.6 Å². The number of rotatable bonds is 2. The van der Waals surface area contributed by atoms with Crippen molar-refractivity contribution < 1.29 is 0 Å². The zero-order chi connectivity index (χ0) is 14.3. The highest BCUT2D eigenvalue weighted by Gasteiger charge is 2.36. The molecule has 6 heteroatoms. The van der Waals surface area contributed by atoms with Crippen LogP contribution in [0.3, 0.4) is 0 Å². The molecule has 20 heavy (non-hydrogen) atoms. The van der Waals surface area contributed by atoms with E-state index in [0.29, 0.717) is 23.7 Å². The first kappa shape index (κ1) is 13.4. The molecule has 0 amide bonds. The van der Waals surface area contributed by atoms with Gasteiger partial charge in [-0.2, -0.15) is 9.97 Å². The number of nitrogen functional groups attached to an aromatic ring is 2. The molecule has 0 radical (unpaired) electrons. The van der Waals surface area contributed by atoms with Crippen LogP contribution in [0.5, 0.6) is 0 Å². The van der Waals surface area contributed by atoms with E-state index in [0.717, 1.165) is 31.0 Å². The summed E-state index contributed by atoms with van der Waals surface area (Å²) in [6.07, 6.45) is 2.56. The highest BCUT2D eigenvalue weighted by atomic mass is 15.3. The first-order chi connectivity index (χ1) is 9.56. The molecule has 110 valence electrons. The molecule has 1 aromatic rings. The van der Waals surface area contributed by atoms with Gasteiger partial charge < -0.3 is 21.7 Å². The van der Waals surface area contributed by atoms with Gasteiger partial charge >= 0.3 is 0 Å². The Morgan fingerprint density at radius 2 is 2.05 bits per heavy atom. The minimum Gasteiger partial charge on any atom is -0.383 e. The van der Waals surface area contributed by atoms with Crippen LogP contribution in [0.2, 0.25) is 0 Å². The third-order valence-electron chi connectivity index (χ3n) is 4.45. The normalized spacial score (nSPS) is 26.1. The first-order valence-corrected chi connectivity index (χ1v) is 7.47. The van der Waals surface area contributed by atoms with E-state index in [4.69, 9.17) is 11.5 Å². The van der Waals surface area contributed by atoms with Gasteiger partial charge in [-0.1, -0.05) is 13.8 Å². The predicted molar refractivity (Wildman–Crippen MR) is 81.7 cm³/mol. The molecule has 0 spiro atoms. The number of aromatic nitrogens is 2. The molecule has 0 aliphatic carbocycles. The fourth-order valence-electron chi connectivity index (χ4n) is 3.51. The molecule has 3 heterocycles. The quantitative estimate of drug-likeness (QED) is 0.745. The average molecular weight is 276 g/mol. The number of piperidine rings is 1. The number of nitrogens with two attached hydrogens (primary N) is 2. The lowest BCUT2D eigenvalue weighted by atomic mass is 9.94. The Morgan fingerprint density at radius 3 is 2.75 bits per heavy atom. The third kappa shape index (κ3) is 2.28. The Labute approximate surface area is 119 Å². The highest BCUT2D eigenvalue weighted by molar-refractivity contribution is 5.61. The molecule has 1 aromatic heterocycles. The van der Waals surface area contributed by atoms with Crippen molar-refractivity contribution in [2.75, 3.05) is 36.0 Å². The van der Waals surface area contributed by atoms with E-state index in [1.54, 1.807) is 0 Å². The van der Waals surface area contributed by atoms with Crippen LogP contribution >= 0.6 is 0 Å². The largest absolute Gasteiger partial charge is 0.383 e. The van der Waals surface area contributed by atoms with Crippen LogP contribution < -0.4 is 21.7 Å². The summed E-state index contributed by atoms with van der Waals surface area (Å²) < 4.78 is 0. The van der Waals surface area contributed by atoms with E-state index >= 15 is 0 Å². The van der Waals surface area contributed by atoms with Crippen molar-refractivity contribution in [2.45, 2.75) is 38.6 Å². The number of fused-ring (bicyclic) bond motifs is 1. The van der Waals surface area contributed by atoms with Crippen LogP contribution in [0.25, 0.3) is 0 Å². The van der Waals surface area contributed by atoms with Crippen molar-refractivity contribution in [3.63, 3.8) is 0 Å². The molecule has 0 aromatic carbocycles. The number of anilines is 3. The van der Waals surface area contributed by atoms with E-state index in [1.807, 2.05) is 0 Å². The topological polar surface area (TPSA) is 93.1 Å². The Kier molecular flexibility index (Phi) is 3.41. The molecule has 0 saturated carbocycles. The maximum absolute atomic E-state index is 6.06. The monoisotopic (exact) mass is 276 g/mol. The molecule has 2 atom stereocenters. The molecule has 3 rings (SSSR count). The fraction of sp³-hybridized carbons (Fsp3) is 0.714. The highest BCUT2D eigenvalue weighted by Crippen LogP contribution is 2.35. The summed E-state index contributed by atoms with van der Waals surface area (Å²) in [6, 6.07) is 0.571. The van der Waals surface area contributed by atoms with Gasteiger partial charge in [0.2, 0.25) is 5.95 Å².